The summed E-state index contributed by atoms with van der Waals surface area (Å²) in [6, 6.07) is 8.03. The van der Waals surface area contributed by atoms with Crippen molar-refractivity contribution in [1.82, 2.24) is 14.7 Å². The highest BCUT2D eigenvalue weighted by Gasteiger charge is 2.43. The molecule has 2 atom stereocenters. The van der Waals surface area contributed by atoms with Crippen molar-refractivity contribution in [2.24, 2.45) is 5.92 Å². The summed E-state index contributed by atoms with van der Waals surface area (Å²) in [7, 11) is 0. The Hall–Kier alpha value is -3.76. The number of benzene rings is 2. The lowest BCUT2D eigenvalue weighted by Crippen LogP contribution is -2.47. The summed E-state index contributed by atoms with van der Waals surface area (Å²) in [5, 5.41) is 0. The Kier molecular flexibility index (Phi) is 9.14. The number of likely N-dealkylation sites (tertiary alicyclic amines) is 2. The molecule has 2 aliphatic rings. The van der Waals surface area contributed by atoms with Gasteiger partial charge in [0.25, 0.3) is 0 Å². The number of hydrogen-bond acceptors (Lipinski definition) is 5. The quantitative estimate of drug-likeness (QED) is 0.466. The van der Waals surface area contributed by atoms with E-state index in [1.54, 1.807) is 37.5 Å². The van der Waals surface area contributed by atoms with Crippen LogP contribution in [0.5, 0.6) is 5.75 Å². The topological polar surface area (TPSA) is 79.4 Å². The third-order valence-corrected chi connectivity index (χ3v) is 7.46. The molecule has 222 valence electrons. The second-order valence-corrected chi connectivity index (χ2v) is 11.4. The first-order chi connectivity index (χ1) is 19.4. The number of nitrogens with zero attached hydrogens (tertiary/aromatic N) is 3. The Morgan fingerprint density at radius 1 is 0.927 bits per heavy atom. The minimum atomic E-state index is -1.02. The van der Waals surface area contributed by atoms with Crippen molar-refractivity contribution in [2.75, 3.05) is 32.7 Å². The fourth-order valence-electron chi connectivity index (χ4n) is 5.41. The molecule has 0 aliphatic carbocycles. The molecule has 0 spiro atoms. The third kappa shape index (κ3) is 7.31. The van der Waals surface area contributed by atoms with Crippen LogP contribution in [0.3, 0.4) is 0 Å². The normalized spacial score (nSPS) is 19.7. The van der Waals surface area contributed by atoms with Crippen LogP contribution in [0.4, 0.5) is 22.8 Å². The van der Waals surface area contributed by atoms with Crippen molar-refractivity contribution in [3.8, 4) is 5.75 Å². The number of rotatable bonds is 5. The maximum Gasteiger partial charge on any atom is 0.415 e. The summed E-state index contributed by atoms with van der Waals surface area (Å²) in [5.74, 6) is -3.28. The molecule has 2 aliphatic heterocycles. The van der Waals surface area contributed by atoms with Crippen LogP contribution in [-0.2, 0) is 9.53 Å². The molecule has 2 heterocycles. The number of carbonyl (C=O) groups excluding carboxylic acids is 3. The summed E-state index contributed by atoms with van der Waals surface area (Å²) < 4.78 is 52.2. The number of ether oxygens (including phenoxy) is 2. The van der Waals surface area contributed by atoms with E-state index in [2.05, 4.69) is 0 Å². The average Bonchev–Trinajstić information content (AvgIpc) is 3.35. The zero-order chi connectivity index (χ0) is 29.9. The van der Waals surface area contributed by atoms with Gasteiger partial charge >= 0.3 is 12.2 Å². The lowest BCUT2D eigenvalue weighted by molar-refractivity contribution is -0.136. The molecule has 0 aromatic heterocycles. The van der Waals surface area contributed by atoms with Gasteiger partial charge in [0.15, 0.2) is 11.6 Å². The number of likely N-dealkylation sites (N-methyl/N-ethyl adjacent to an activating group) is 1. The first kappa shape index (κ1) is 30.2. The Balaban J connectivity index is 1.50. The molecule has 2 saturated heterocycles. The van der Waals surface area contributed by atoms with E-state index < -0.39 is 47.2 Å². The Labute approximate surface area is 238 Å². The fraction of sp³-hybridized carbons (Fsp3) is 0.500. The maximum atomic E-state index is 14.2. The van der Waals surface area contributed by atoms with E-state index >= 15 is 0 Å². The minimum Gasteiger partial charge on any atom is -0.444 e. The molecule has 3 amide bonds. The predicted molar refractivity (Wildman–Crippen MR) is 145 cm³/mol. The number of piperidine rings is 1. The van der Waals surface area contributed by atoms with Crippen molar-refractivity contribution in [2.45, 2.75) is 58.1 Å². The van der Waals surface area contributed by atoms with Gasteiger partial charge in [-0.15, -0.1) is 0 Å². The smallest absolute Gasteiger partial charge is 0.415 e. The van der Waals surface area contributed by atoms with E-state index in [-0.39, 0.29) is 37.2 Å². The molecule has 0 bridgehead atoms. The van der Waals surface area contributed by atoms with Gasteiger partial charge in [-0.05, 0) is 82.5 Å². The second-order valence-electron chi connectivity index (χ2n) is 11.4. The number of carbonyl (C=O) groups is 3. The predicted octanol–water partition coefficient (Wildman–Crippen LogP) is 5.57. The summed E-state index contributed by atoms with van der Waals surface area (Å²) in [5.41, 5.74) is -0.163. The molecular weight excluding hydrogens is 539 g/mol. The van der Waals surface area contributed by atoms with Gasteiger partial charge in [0.05, 0.1) is 6.04 Å². The SMILES string of the molecule is CCN(C(=O)Oc1ccc(F)cc1)[C@@H]1CN(C(=O)C2CCN(C(=O)OC(C)(C)C)CC2)C[C@H]1c1ccc(F)c(F)c1. The zero-order valence-electron chi connectivity index (χ0n) is 23.7. The maximum absolute atomic E-state index is 14.2. The standard InChI is InChI=1S/C30H36F3N3O5/c1-5-36(29(39)40-22-9-7-21(31)8-10-22)26-18-35(17-23(26)20-6-11-24(32)25(33)16-20)27(37)19-12-14-34(15-13-19)28(38)41-30(2,3)4/h6-11,16,19,23,26H,5,12-15,17-18H2,1-4H3/t23-,26+/m0/s1. The van der Waals surface area contributed by atoms with Crippen LogP contribution in [0, 0.1) is 23.4 Å². The van der Waals surface area contributed by atoms with Crippen LogP contribution < -0.4 is 4.74 Å². The van der Waals surface area contributed by atoms with Crippen molar-refractivity contribution in [3.05, 3.63) is 65.5 Å². The molecule has 2 fully saturated rings. The molecule has 8 nitrogen and oxygen atoms in total. The highest BCUT2D eigenvalue weighted by molar-refractivity contribution is 5.80. The van der Waals surface area contributed by atoms with E-state index in [0.717, 1.165) is 12.1 Å². The summed E-state index contributed by atoms with van der Waals surface area (Å²) in [4.78, 5) is 44.0. The Morgan fingerprint density at radius 2 is 1.59 bits per heavy atom. The molecule has 2 aromatic rings. The molecule has 4 rings (SSSR count). The first-order valence-corrected chi connectivity index (χ1v) is 13.8. The molecule has 11 heteroatoms. The van der Waals surface area contributed by atoms with Gasteiger partial charge in [0, 0.05) is 44.6 Å². The van der Waals surface area contributed by atoms with E-state index in [0.29, 0.717) is 31.5 Å². The summed E-state index contributed by atoms with van der Waals surface area (Å²) in [6.45, 7) is 8.48. The molecular formula is C30H36F3N3O5. The van der Waals surface area contributed by atoms with Crippen LogP contribution in [-0.4, -0.2) is 77.2 Å². The van der Waals surface area contributed by atoms with Crippen LogP contribution in [0.1, 0.15) is 52.0 Å². The van der Waals surface area contributed by atoms with Gasteiger partial charge in [0.1, 0.15) is 17.2 Å². The van der Waals surface area contributed by atoms with Crippen molar-refractivity contribution >= 4 is 18.1 Å². The van der Waals surface area contributed by atoms with Crippen molar-refractivity contribution in [1.29, 1.82) is 0 Å². The lowest BCUT2D eigenvalue weighted by Gasteiger charge is -2.34. The second kappa shape index (κ2) is 12.4. The molecule has 0 N–H and O–H groups in total. The lowest BCUT2D eigenvalue weighted by atomic mass is 9.93. The van der Waals surface area contributed by atoms with Gasteiger partial charge in [-0.1, -0.05) is 6.07 Å². The van der Waals surface area contributed by atoms with Gasteiger partial charge < -0.3 is 24.2 Å². The molecule has 0 radical (unpaired) electrons. The van der Waals surface area contributed by atoms with E-state index in [9.17, 15) is 27.6 Å². The highest BCUT2D eigenvalue weighted by Crippen LogP contribution is 2.34. The van der Waals surface area contributed by atoms with Crippen LogP contribution in [0.25, 0.3) is 0 Å². The summed E-state index contributed by atoms with van der Waals surface area (Å²) in [6.07, 6.45) is -0.198. The minimum absolute atomic E-state index is 0.119. The van der Waals surface area contributed by atoms with Crippen molar-refractivity contribution < 1.29 is 37.0 Å². The zero-order valence-corrected chi connectivity index (χ0v) is 23.7. The molecule has 41 heavy (non-hydrogen) atoms. The van der Waals surface area contributed by atoms with Crippen LogP contribution in [0.15, 0.2) is 42.5 Å². The third-order valence-electron chi connectivity index (χ3n) is 7.46. The average molecular weight is 576 g/mol. The molecule has 0 saturated carbocycles. The van der Waals surface area contributed by atoms with Gasteiger partial charge in [-0.25, -0.2) is 22.8 Å². The number of halogens is 3. The number of hydrogen-bond donors (Lipinski definition) is 0. The Bertz CT molecular complexity index is 1260. The summed E-state index contributed by atoms with van der Waals surface area (Å²) >= 11 is 0. The van der Waals surface area contributed by atoms with Gasteiger partial charge in [-0.2, -0.15) is 0 Å². The van der Waals surface area contributed by atoms with E-state index in [4.69, 9.17) is 9.47 Å². The Morgan fingerprint density at radius 3 is 2.17 bits per heavy atom. The van der Waals surface area contributed by atoms with Crippen LogP contribution in [0.2, 0.25) is 0 Å². The highest BCUT2D eigenvalue weighted by atomic mass is 19.2. The number of amides is 3. The van der Waals surface area contributed by atoms with E-state index in [1.165, 1.54) is 35.2 Å². The van der Waals surface area contributed by atoms with Crippen LogP contribution >= 0.6 is 0 Å². The largest absolute Gasteiger partial charge is 0.444 e. The van der Waals surface area contributed by atoms with E-state index in [1.807, 2.05) is 0 Å². The molecule has 0 unspecified atom stereocenters. The van der Waals surface area contributed by atoms with Gasteiger partial charge in [0.2, 0.25) is 5.91 Å². The first-order valence-electron chi connectivity index (χ1n) is 13.8. The fourth-order valence-corrected chi connectivity index (χ4v) is 5.41. The molecule has 2 aromatic carbocycles. The van der Waals surface area contributed by atoms with Gasteiger partial charge in [-0.3, -0.25) is 4.79 Å². The monoisotopic (exact) mass is 575 g/mol. The van der Waals surface area contributed by atoms with Crippen molar-refractivity contribution in [3.63, 3.8) is 0 Å².